The topological polar surface area (TPSA) is 49.9 Å². The van der Waals surface area contributed by atoms with Crippen molar-refractivity contribution in [1.29, 1.82) is 5.41 Å². The average Bonchev–Trinajstić information content (AvgIpc) is 1.88. The van der Waals surface area contributed by atoms with E-state index in [9.17, 15) is 4.39 Å². The SMILES string of the molecule is CC=C(F)/C(=C\C)C(=N)N. The lowest BCUT2D eigenvalue weighted by atomic mass is 10.2. The first-order chi connectivity index (χ1) is 4.63. The van der Waals surface area contributed by atoms with Crippen LogP contribution in [0.5, 0.6) is 0 Å². The van der Waals surface area contributed by atoms with Crippen LogP contribution in [0.1, 0.15) is 13.8 Å². The number of nitrogens with one attached hydrogen (secondary N) is 1. The van der Waals surface area contributed by atoms with Gasteiger partial charge in [-0.1, -0.05) is 12.2 Å². The molecule has 0 spiro atoms. The van der Waals surface area contributed by atoms with Gasteiger partial charge in [0.2, 0.25) is 0 Å². The molecule has 0 aliphatic heterocycles. The van der Waals surface area contributed by atoms with Crippen LogP contribution < -0.4 is 5.73 Å². The van der Waals surface area contributed by atoms with Gasteiger partial charge in [-0.05, 0) is 13.8 Å². The Kier molecular flexibility index (Phi) is 3.39. The summed E-state index contributed by atoms with van der Waals surface area (Å²) in [5, 5.41) is 6.91. The largest absolute Gasteiger partial charge is 0.384 e. The lowest BCUT2D eigenvalue weighted by molar-refractivity contribution is 0.657. The summed E-state index contributed by atoms with van der Waals surface area (Å²) in [6.45, 7) is 3.20. The van der Waals surface area contributed by atoms with Crippen LogP contribution in [-0.2, 0) is 0 Å². The van der Waals surface area contributed by atoms with E-state index in [1.165, 1.54) is 12.2 Å². The molecule has 0 aliphatic carbocycles. The highest BCUT2D eigenvalue weighted by atomic mass is 19.1. The Hall–Kier alpha value is -1.12. The Morgan fingerprint density at radius 2 is 1.90 bits per heavy atom. The fourth-order valence-corrected chi connectivity index (χ4v) is 0.578. The fourth-order valence-electron chi connectivity index (χ4n) is 0.578. The standard InChI is InChI=1S/C7H11FN2/c1-3-5(7(9)10)6(8)4-2/h3-4H,1-2H3,(H3,9,10)/b5-3+,6-4?. The van der Waals surface area contributed by atoms with Crippen LogP contribution in [0.3, 0.4) is 0 Å². The summed E-state index contributed by atoms with van der Waals surface area (Å²) in [7, 11) is 0. The van der Waals surface area contributed by atoms with Crippen molar-refractivity contribution >= 4 is 5.84 Å². The van der Waals surface area contributed by atoms with E-state index in [1.54, 1.807) is 13.8 Å². The van der Waals surface area contributed by atoms with E-state index in [0.717, 1.165) is 0 Å². The summed E-state index contributed by atoms with van der Waals surface area (Å²) in [4.78, 5) is 0. The summed E-state index contributed by atoms with van der Waals surface area (Å²) in [5.74, 6) is -0.687. The Balaban J connectivity index is 4.56. The lowest BCUT2D eigenvalue weighted by Crippen LogP contribution is -2.13. The summed E-state index contributed by atoms with van der Waals surface area (Å²) < 4.78 is 12.6. The van der Waals surface area contributed by atoms with Gasteiger partial charge in [-0.15, -0.1) is 0 Å². The Morgan fingerprint density at radius 3 is 2.00 bits per heavy atom. The fraction of sp³-hybridized carbons (Fsp3) is 0.286. The molecule has 0 radical (unpaired) electrons. The van der Waals surface area contributed by atoms with E-state index >= 15 is 0 Å². The molecule has 0 aromatic rings. The third kappa shape index (κ3) is 2.01. The van der Waals surface area contributed by atoms with Gasteiger partial charge in [0.15, 0.2) is 0 Å². The van der Waals surface area contributed by atoms with Crippen molar-refractivity contribution < 1.29 is 4.39 Å². The minimum Gasteiger partial charge on any atom is -0.384 e. The maximum Gasteiger partial charge on any atom is 0.129 e. The van der Waals surface area contributed by atoms with Gasteiger partial charge in [-0.3, -0.25) is 5.41 Å². The minimum absolute atomic E-state index is 0.155. The highest BCUT2D eigenvalue weighted by molar-refractivity contribution is 5.97. The summed E-state index contributed by atoms with van der Waals surface area (Å²) >= 11 is 0. The molecule has 0 atom stereocenters. The van der Waals surface area contributed by atoms with Crippen LogP contribution in [0.25, 0.3) is 0 Å². The van der Waals surface area contributed by atoms with Gasteiger partial charge in [-0.25, -0.2) is 4.39 Å². The molecule has 2 nitrogen and oxygen atoms in total. The van der Waals surface area contributed by atoms with Crippen LogP contribution >= 0.6 is 0 Å². The summed E-state index contributed by atoms with van der Waals surface area (Å²) in [6, 6.07) is 0. The van der Waals surface area contributed by atoms with Crippen molar-refractivity contribution in [3.63, 3.8) is 0 Å². The monoisotopic (exact) mass is 142 g/mol. The van der Waals surface area contributed by atoms with Gasteiger partial charge in [0.25, 0.3) is 0 Å². The van der Waals surface area contributed by atoms with E-state index in [-0.39, 0.29) is 11.4 Å². The number of hydrogen-bond acceptors (Lipinski definition) is 1. The van der Waals surface area contributed by atoms with Crippen molar-refractivity contribution in [1.82, 2.24) is 0 Å². The molecule has 0 aliphatic rings. The molecule has 0 unspecified atom stereocenters. The van der Waals surface area contributed by atoms with Gasteiger partial charge >= 0.3 is 0 Å². The molecule has 0 saturated heterocycles. The first-order valence-corrected chi connectivity index (χ1v) is 2.96. The molecular weight excluding hydrogens is 131 g/mol. The normalized spacial score (nSPS) is 13.5. The zero-order valence-corrected chi connectivity index (χ0v) is 6.11. The number of hydrogen-bond donors (Lipinski definition) is 2. The first kappa shape index (κ1) is 8.88. The maximum atomic E-state index is 12.6. The zero-order chi connectivity index (χ0) is 8.15. The molecule has 0 fully saturated rings. The van der Waals surface area contributed by atoms with Crippen molar-refractivity contribution in [2.45, 2.75) is 13.8 Å². The van der Waals surface area contributed by atoms with Crippen molar-refractivity contribution in [2.24, 2.45) is 5.73 Å². The van der Waals surface area contributed by atoms with Gasteiger partial charge in [-0.2, -0.15) is 0 Å². The predicted molar refractivity (Wildman–Crippen MR) is 40.5 cm³/mol. The highest BCUT2D eigenvalue weighted by Gasteiger charge is 2.03. The molecule has 0 rings (SSSR count). The van der Waals surface area contributed by atoms with Crippen LogP contribution in [0.15, 0.2) is 23.6 Å². The molecule has 0 aromatic carbocycles. The summed E-state index contributed by atoms with van der Waals surface area (Å²) in [6.07, 6.45) is 2.74. The number of halogens is 1. The van der Waals surface area contributed by atoms with E-state index in [1.807, 2.05) is 0 Å². The van der Waals surface area contributed by atoms with Gasteiger partial charge < -0.3 is 5.73 Å². The predicted octanol–water partition coefficient (Wildman–Crippen LogP) is 1.74. The lowest BCUT2D eigenvalue weighted by Gasteiger charge is -1.98. The summed E-state index contributed by atoms with van der Waals surface area (Å²) in [5.41, 5.74) is 5.21. The molecule has 3 N–H and O–H groups in total. The molecular formula is C7H11FN2. The van der Waals surface area contributed by atoms with Crippen molar-refractivity contribution in [2.75, 3.05) is 0 Å². The smallest absolute Gasteiger partial charge is 0.129 e. The Bertz CT molecular complexity index is 192. The van der Waals surface area contributed by atoms with Crippen molar-refractivity contribution in [3.05, 3.63) is 23.6 Å². The third-order valence-corrected chi connectivity index (χ3v) is 1.09. The number of rotatable bonds is 2. The first-order valence-electron chi connectivity index (χ1n) is 2.96. The average molecular weight is 142 g/mol. The van der Waals surface area contributed by atoms with Crippen LogP contribution in [0.4, 0.5) is 4.39 Å². The second kappa shape index (κ2) is 3.82. The van der Waals surface area contributed by atoms with Crippen LogP contribution in [-0.4, -0.2) is 5.84 Å². The second-order valence-electron chi connectivity index (χ2n) is 1.75. The third-order valence-electron chi connectivity index (χ3n) is 1.09. The number of amidine groups is 1. The van der Waals surface area contributed by atoms with E-state index < -0.39 is 5.83 Å². The molecule has 10 heavy (non-hydrogen) atoms. The van der Waals surface area contributed by atoms with Gasteiger partial charge in [0.05, 0.1) is 0 Å². The number of allylic oxidation sites excluding steroid dienone is 2. The minimum atomic E-state index is -0.449. The van der Waals surface area contributed by atoms with Crippen molar-refractivity contribution in [3.8, 4) is 0 Å². The molecule has 0 amide bonds. The Labute approximate surface area is 59.7 Å². The molecule has 0 saturated carbocycles. The van der Waals surface area contributed by atoms with Gasteiger partial charge in [0.1, 0.15) is 11.7 Å². The molecule has 0 heterocycles. The molecule has 56 valence electrons. The van der Waals surface area contributed by atoms with Crippen LogP contribution in [0.2, 0.25) is 0 Å². The van der Waals surface area contributed by atoms with E-state index in [4.69, 9.17) is 11.1 Å². The highest BCUT2D eigenvalue weighted by Crippen LogP contribution is 2.09. The zero-order valence-electron chi connectivity index (χ0n) is 6.11. The number of nitrogens with two attached hydrogens (primary N) is 1. The Morgan fingerprint density at radius 1 is 1.40 bits per heavy atom. The second-order valence-corrected chi connectivity index (χ2v) is 1.75. The quantitative estimate of drug-likeness (QED) is 0.344. The molecule has 0 bridgehead atoms. The molecule has 0 aromatic heterocycles. The molecule has 3 heteroatoms. The van der Waals surface area contributed by atoms with Gasteiger partial charge in [0, 0.05) is 5.57 Å². The van der Waals surface area contributed by atoms with Crippen LogP contribution in [0, 0.1) is 5.41 Å². The van der Waals surface area contributed by atoms with E-state index in [0.29, 0.717) is 0 Å². The van der Waals surface area contributed by atoms with E-state index in [2.05, 4.69) is 0 Å². The maximum absolute atomic E-state index is 12.6.